The number of aromatic amines is 1. The summed E-state index contributed by atoms with van der Waals surface area (Å²) < 4.78 is 0. The maximum absolute atomic E-state index is 12.6. The molecular formula is C25H16ClN7O5. The van der Waals surface area contributed by atoms with E-state index in [1.165, 1.54) is 36.4 Å². The molecule has 0 aliphatic heterocycles. The van der Waals surface area contributed by atoms with E-state index in [1.807, 2.05) is 6.07 Å². The summed E-state index contributed by atoms with van der Waals surface area (Å²) in [5.74, 6) is -1.95. The van der Waals surface area contributed by atoms with Gasteiger partial charge in [-0.25, -0.2) is 4.98 Å². The van der Waals surface area contributed by atoms with Crippen LogP contribution in [0.4, 0.5) is 28.7 Å². The van der Waals surface area contributed by atoms with Gasteiger partial charge in [-0.2, -0.15) is 5.26 Å². The Bertz CT molecular complexity index is 1640. The summed E-state index contributed by atoms with van der Waals surface area (Å²) in [6.45, 7) is 0. The number of halogens is 1. The summed E-state index contributed by atoms with van der Waals surface area (Å²) in [6, 6.07) is 19.5. The SMILES string of the molecule is N#Cc1c(-c2cccc(NC(=O)C(=O)Nc3ccc([N+](=O)[O-])cc3)c2)nc(Nc2ccc(Cl)cc2)[nH]c1=O. The molecule has 4 aromatic rings. The van der Waals surface area contributed by atoms with Gasteiger partial charge >= 0.3 is 11.8 Å². The predicted octanol–water partition coefficient (Wildman–Crippen LogP) is 4.19. The first-order chi connectivity index (χ1) is 18.2. The molecule has 0 unspecified atom stereocenters. The summed E-state index contributed by atoms with van der Waals surface area (Å²) in [5.41, 5.74) is 0.284. The van der Waals surface area contributed by atoms with Crippen LogP contribution >= 0.6 is 11.6 Å². The second kappa shape index (κ2) is 11.0. The molecule has 0 aliphatic rings. The van der Waals surface area contributed by atoms with Crippen LogP contribution in [0.25, 0.3) is 11.3 Å². The number of nitro benzene ring substituents is 1. The molecule has 38 heavy (non-hydrogen) atoms. The van der Waals surface area contributed by atoms with E-state index >= 15 is 0 Å². The minimum Gasteiger partial charge on any atom is -0.326 e. The molecule has 0 saturated carbocycles. The summed E-state index contributed by atoms with van der Waals surface area (Å²) >= 11 is 5.90. The third kappa shape index (κ3) is 5.99. The first kappa shape index (κ1) is 25.5. The molecular weight excluding hydrogens is 514 g/mol. The molecule has 0 fully saturated rings. The van der Waals surface area contributed by atoms with E-state index in [2.05, 4.69) is 25.9 Å². The molecule has 0 saturated heterocycles. The number of benzene rings is 3. The van der Waals surface area contributed by atoms with Gasteiger partial charge in [-0.3, -0.25) is 29.5 Å². The van der Waals surface area contributed by atoms with E-state index in [0.29, 0.717) is 16.3 Å². The van der Waals surface area contributed by atoms with Crippen molar-refractivity contribution in [2.75, 3.05) is 16.0 Å². The number of amides is 2. The standard InChI is InChI=1S/C25H16ClN7O5/c26-15-4-6-17(7-5-15)30-25-31-21(20(13-27)22(34)32-25)14-2-1-3-18(12-14)29-24(36)23(35)28-16-8-10-19(11-9-16)33(37)38/h1-12H,(H,28,35)(H,29,36)(H2,30,31,32,34). The van der Waals surface area contributed by atoms with Crippen molar-refractivity contribution in [1.29, 1.82) is 5.26 Å². The van der Waals surface area contributed by atoms with Crippen LogP contribution in [0.15, 0.2) is 77.6 Å². The number of H-pyrrole nitrogens is 1. The maximum Gasteiger partial charge on any atom is 0.314 e. The molecule has 1 aromatic heterocycles. The van der Waals surface area contributed by atoms with Gasteiger partial charge in [0.05, 0.1) is 10.6 Å². The molecule has 3 aromatic carbocycles. The number of hydrogen-bond donors (Lipinski definition) is 4. The fraction of sp³-hybridized carbons (Fsp3) is 0. The highest BCUT2D eigenvalue weighted by Crippen LogP contribution is 2.25. The Hall–Kier alpha value is -5.54. The van der Waals surface area contributed by atoms with Gasteiger partial charge in [-0.1, -0.05) is 23.7 Å². The molecule has 0 radical (unpaired) electrons. The van der Waals surface area contributed by atoms with Crippen molar-refractivity contribution in [3.8, 4) is 17.3 Å². The molecule has 2 amide bonds. The number of hydrogen-bond acceptors (Lipinski definition) is 8. The highest BCUT2D eigenvalue weighted by molar-refractivity contribution is 6.43. The number of carbonyl (C=O) groups excluding carboxylic acids is 2. The Kier molecular flexibility index (Phi) is 7.41. The fourth-order valence-electron chi connectivity index (χ4n) is 3.30. The van der Waals surface area contributed by atoms with Gasteiger partial charge in [0.1, 0.15) is 11.6 Å². The Balaban J connectivity index is 1.54. The molecule has 13 heteroatoms. The zero-order valence-corrected chi connectivity index (χ0v) is 19.9. The average molecular weight is 530 g/mol. The normalized spacial score (nSPS) is 10.2. The van der Waals surface area contributed by atoms with Crippen LogP contribution in [0.5, 0.6) is 0 Å². The van der Waals surface area contributed by atoms with Crippen molar-refractivity contribution in [3.63, 3.8) is 0 Å². The van der Waals surface area contributed by atoms with Crippen LogP contribution in [0.3, 0.4) is 0 Å². The Morgan fingerprint density at radius 1 is 0.947 bits per heavy atom. The largest absolute Gasteiger partial charge is 0.326 e. The molecule has 0 spiro atoms. The molecule has 0 bridgehead atoms. The first-order valence-electron chi connectivity index (χ1n) is 10.8. The lowest BCUT2D eigenvalue weighted by Crippen LogP contribution is -2.29. The van der Waals surface area contributed by atoms with Crippen LogP contribution in [0.1, 0.15) is 5.56 Å². The van der Waals surface area contributed by atoms with Gasteiger partial charge in [0, 0.05) is 39.8 Å². The van der Waals surface area contributed by atoms with Crippen molar-refractivity contribution in [1.82, 2.24) is 9.97 Å². The first-order valence-corrected chi connectivity index (χ1v) is 11.2. The second-order valence-corrected chi connectivity index (χ2v) is 8.11. The zero-order chi connectivity index (χ0) is 27.2. The number of carbonyl (C=O) groups is 2. The van der Waals surface area contributed by atoms with E-state index in [4.69, 9.17) is 11.6 Å². The third-order valence-electron chi connectivity index (χ3n) is 5.07. The third-order valence-corrected chi connectivity index (χ3v) is 5.33. The van der Waals surface area contributed by atoms with Gasteiger partial charge in [0.15, 0.2) is 0 Å². The van der Waals surface area contributed by atoms with Crippen molar-refractivity contribution >= 4 is 52.1 Å². The van der Waals surface area contributed by atoms with Gasteiger partial charge < -0.3 is 16.0 Å². The van der Waals surface area contributed by atoms with Crippen molar-refractivity contribution in [3.05, 3.63) is 104 Å². The number of rotatable bonds is 6. The maximum atomic E-state index is 12.6. The highest BCUT2D eigenvalue weighted by atomic mass is 35.5. The molecule has 0 aliphatic carbocycles. The smallest absolute Gasteiger partial charge is 0.314 e. The number of anilines is 4. The highest BCUT2D eigenvalue weighted by Gasteiger charge is 2.17. The van der Waals surface area contributed by atoms with Gasteiger partial charge in [-0.15, -0.1) is 0 Å². The zero-order valence-electron chi connectivity index (χ0n) is 19.2. The number of nitrogens with one attached hydrogen (secondary N) is 4. The van der Waals surface area contributed by atoms with E-state index in [-0.39, 0.29) is 34.3 Å². The minimum atomic E-state index is -1.01. The summed E-state index contributed by atoms with van der Waals surface area (Å²) in [7, 11) is 0. The van der Waals surface area contributed by atoms with E-state index in [9.17, 15) is 29.8 Å². The van der Waals surface area contributed by atoms with Crippen molar-refractivity contribution < 1.29 is 14.5 Å². The van der Waals surface area contributed by atoms with Crippen molar-refractivity contribution in [2.24, 2.45) is 0 Å². The Labute approximate surface area is 219 Å². The minimum absolute atomic E-state index is 0.0548. The Morgan fingerprint density at radius 2 is 1.58 bits per heavy atom. The summed E-state index contributed by atoms with van der Waals surface area (Å²) in [6.07, 6.45) is 0. The van der Waals surface area contributed by atoms with Crippen LogP contribution in [-0.4, -0.2) is 26.7 Å². The van der Waals surface area contributed by atoms with Crippen LogP contribution in [0, 0.1) is 21.4 Å². The predicted molar refractivity (Wildman–Crippen MR) is 140 cm³/mol. The molecule has 1 heterocycles. The fourth-order valence-corrected chi connectivity index (χ4v) is 3.43. The van der Waals surface area contributed by atoms with E-state index in [1.54, 1.807) is 36.4 Å². The topological polar surface area (TPSA) is 183 Å². The Morgan fingerprint density at radius 3 is 2.21 bits per heavy atom. The summed E-state index contributed by atoms with van der Waals surface area (Å²) in [4.78, 5) is 54.3. The van der Waals surface area contributed by atoms with Gasteiger partial charge in [0.25, 0.3) is 11.2 Å². The van der Waals surface area contributed by atoms with Gasteiger partial charge in [0.2, 0.25) is 5.95 Å². The number of nitriles is 1. The molecule has 4 rings (SSSR count). The number of aromatic nitrogens is 2. The lowest BCUT2D eigenvalue weighted by Gasteiger charge is -2.11. The van der Waals surface area contributed by atoms with Crippen LogP contribution in [-0.2, 0) is 9.59 Å². The monoisotopic (exact) mass is 529 g/mol. The van der Waals surface area contributed by atoms with Crippen molar-refractivity contribution in [2.45, 2.75) is 0 Å². The number of nitro groups is 1. The summed E-state index contributed by atoms with van der Waals surface area (Å²) in [5, 5.41) is 28.5. The lowest BCUT2D eigenvalue weighted by molar-refractivity contribution is -0.384. The van der Waals surface area contributed by atoms with Gasteiger partial charge in [-0.05, 0) is 48.5 Å². The van der Waals surface area contributed by atoms with Crippen LogP contribution in [0.2, 0.25) is 5.02 Å². The molecule has 0 atom stereocenters. The van der Waals surface area contributed by atoms with E-state index in [0.717, 1.165) is 0 Å². The van der Waals surface area contributed by atoms with Crippen LogP contribution < -0.4 is 21.5 Å². The molecule has 188 valence electrons. The number of nitrogens with zero attached hydrogens (tertiary/aromatic N) is 3. The average Bonchev–Trinajstić information content (AvgIpc) is 2.90. The molecule has 4 N–H and O–H groups in total. The second-order valence-electron chi connectivity index (χ2n) is 7.67. The lowest BCUT2D eigenvalue weighted by atomic mass is 10.1. The molecule has 12 nitrogen and oxygen atoms in total. The number of non-ortho nitro benzene ring substituents is 1. The quantitative estimate of drug-likeness (QED) is 0.163. The van der Waals surface area contributed by atoms with E-state index < -0.39 is 22.3 Å².